The van der Waals surface area contributed by atoms with Crippen molar-refractivity contribution in [1.29, 1.82) is 0 Å². The molecule has 0 radical (unpaired) electrons. The van der Waals surface area contributed by atoms with Crippen LogP contribution < -0.4 is 16.2 Å². The van der Waals surface area contributed by atoms with Crippen molar-refractivity contribution in [2.45, 2.75) is 45.4 Å². The highest BCUT2D eigenvalue weighted by Gasteiger charge is 2.22. The van der Waals surface area contributed by atoms with Crippen LogP contribution in [-0.2, 0) is 13.0 Å². The molecule has 33 heavy (non-hydrogen) atoms. The number of nitrogen functional groups attached to an aromatic ring is 1. The Hall–Kier alpha value is -3.88. The van der Waals surface area contributed by atoms with E-state index in [2.05, 4.69) is 32.1 Å². The number of hydrogen-bond donors (Lipinski definition) is 3. The first kappa shape index (κ1) is 22.3. The van der Waals surface area contributed by atoms with Gasteiger partial charge >= 0.3 is 0 Å². The summed E-state index contributed by atoms with van der Waals surface area (Å²) in [4.78, 5) is 9.17. The Kier molecular flexibility index (Phi) is 6.04. The molecule has 0 saturated carbocycles. The predicted molar refractivity (Wildman–Crippen MR) is 120 cm³/mol. The third-order valence-electron chi connectivity index (χ3n) is 4.73. The number of nitrogens with zero attached hydrogens (tertiary/aromatic N) is 5. The van der Waals surface area contributed by atoms with Crippen LogP contribution in [0, 0.1) is 11.8 Å². The van der Waals surface area contributed by atoms with E-state index in [9.17, 15) is 5.11 Å². The van der Waals surface area contributed by atoms with Crippen LogP contribution in [0.25, 0.3) is 22.6 Å². The minimum Gasteiger partial charge on any atom is -0.476 e. The quantitative estimate of drug-likeness (QED) is 0.352. The van der Waals surface area contributed by atoms with Crippen LogP contribution in [0.1, 0.15) is 32.2 Å². The van der Waals surface area contributed by atoms with Gasteiger partial charge in [-0.1, -0.05) is 5.92 Å². The molecule has 0 fully saturated rings. The van der Waals surface area contributed by atoms with Crippen molar-refractivity contribution < 1.29 is 18.9 Å². The van der Waals surface area contributed by atoms with Crippen molar-refractivity contribution in [3.8, 4) is 29.2 Å². The van der Waals surface area contributed by atoms with Crippen molar-refractivity contribution in [3.63, 3.8) is 0 Å². The molecule has 0 unspecified atom stereocenters. The van der Waals surface area contributed by atoms with Crippen LogP contribution in [0.2, 0.25) is 0 Å². The topological polar surface area (TPSA) is 164 Å². The number of ether oxygens (including phenoxy) is 1. The van der Waals surface area contributed by atoms with Crippen molar-refractivity contribution in [2.75, 3.05) is 12.3 Å². The van der Waals surface area contributed by atoms with Crippen molar-refractivity contribution in [3.05, 3.63) is 35.9 Å². The lowest BCUT2D eigenvalue weighted by molar-refractivity contribution is 0.143. The maximum absolute atomic E-state index is 10.1. The van der Waals surface area contributed by atoms with Gasteiger partial charge in [-0.2, -0.15) is 0 Å². The number of aliphatic hydroxyl groups is 1. The molecule has 5 N–H and O–H groups in total. The van der Waals surface area contributed by atoms with E-state index in [-0.39, 0.29) is 18.5 Å². The number of furan rings is 1. The van der Waals surface area contributed by atoms with E-state index in [0.29, 0.717) is 47.1 Å². The fraction of sp³-hybridized carbons (Fsp3) is 0.364. The second-order valence-electron chi connectivity index (χ2n) is 8.02. The van der Waals surface area contributed by atoms with Gasteiger partial charge in [0.2, 0.25) is 5.88 Å². The second kappa shape index (κ2) is 8.93. The van der Waals surface area contributed by atoms with Gasteiger partial charge in [0.15, 0.2) is 17.3 Å². The summed E-state index contributed by atoms with van der Waals surface area (Å²) in [6, 6.07) is 5.13. The standard InChI is InChI=1S/C22H25N7O4/c1-4-29-16-11-17(32-12-13(23)10-14-6-5-9-31-14)25-15(7-8-22(2,3)30)18(16)26-21(29)19-20(24)28-33-27-19/h5-6,9,11,13,30H,4,10,12,23H2,1-3H3,(H2,24,28)/t13-/m1/s1. The van der Waals surface area contributed by atoms with E-state index in [1.54, 1.807) is 26.2 Å². The van der Waals surface area contributed by atoms with Gasteiger partial charge in [-0.15, -0.1) is 0 Å². The molecule has 0 bridgehead atoms. The first-order valence-corrected chi connectivity index (χ1v) is 10.4. The van der Waals surface area contributed by atoms with Crippen LogP contribution >= 0.6 is 0 Å². The highest BCUT2D eigenvalue weighted by Crippen LogP contribution is 2.29. The molecule has 0 aliphatic carbocycles. The van der Waals surface area contributed by atoms with Crippen LogP contribution in [0.3, 0.4) is 0 Å². The highest BCUT2D eigenvalue weighted by atomic mass is 16.6. The molecule has 0 saturated heterocycles. The third-order valence-corrected chi connectivity index (χ3v) is 4.73. The number of pyridine rings is 1. The monoisotopic (exact) mass is 451 g/mol. The van der Waals surface area contributed by atoms with Gasteiger partial charge in [0.25, 0.3) is 0 Å². The highest BCUT2D eigenvalue weighted by molar-refractivity contribution is 5.86. The maximum atomic E-state index is 10.1. The molecular formula is C22H25N7O4. The van der Waals surface area contributed by atoms with Crippen LogP contribution in [-0.4, -0.2) is 48.2 Å². The van der Waals surface area contributed by atoms with Crippen LogP contribution in [0.5, 0.6) is 5.88 Å². The Bertz CT molecular complexity index is 1310. The summed E-state index contributed by atoms with van der Waals surface area (Å²) in [5, 5.41) is 17.6. The van der Waals surface area contributed by atoms with E-state index in [1.165, 1.54) is 0 Å². The minimum absolute atomic E-state index is 0.123. The number of fused-ring (bicyclic) bond motifs is 1. The second-order valence-corrected chi connectivity index (χ2v) is 8.02. The van der Waals surface area contributed by atoms with Crippen LogP contribution in [0.15, 0.2) is 33.5 Å². The van der Waals surface area contributed by atoms with E-state index < -0.39 is 5.60 Å². The lowest BCUT2D eigenvalue weighted by atomic mass is 10.1. The molecule has 0 amide bonds. The van der Waals surface area contributed by atoms with Gasteiger partial charge in [0, 0.05) is 25.1 Å². The van der Waals surface area contributed by atoms with Crippen LogP contribution in [0.4, 0.5) is 5.82 Å². The van der Waals surface area contributed by atoms with Gasteiger partial charge in [0.1, 0.15) is 29.2 Å². The summed E-state index contributed by atoms with van der Waals surface area (Å²) in [5.74, 6) is 7.37. The Morgan fingerprint density at radius 2 is 2.12 bits per heavy atom. The van der Waals surface area contributed by atoms with E-state index in [1.807, 2.05) is 23.6 Å². The Balaban J connectivity index is 1.74. The largest absolute Gasteiger partial charge is 0.476 e. The lowest BCUT2D eigenvalue weighted by Crippen LogP contribution is -2.30. The minimum atomic E-state index is -1.22. The summed E-state index contributed by atoms with van der Waals surface area (Å²) in [6.45, 7) is 5.89. The summed E-state index contributed by atoms with van der Waals surface area (Å²) < 4.78 is 17.9. The number of nitrogens with two attached hydrogens (primary N) is 2. The SMILES string of the molecule is CCn1c(-c2nonc2N)nc2c(C#CC(C)(C)O)nc(OC[C@H](N)Cc3ccco3)cc21. The summed E-state index contributed by atoms with van der Waals surface area (Å²) >= 11 is 0. The van der Waals surface area contributed by atoms with Gasteiger partial charge in [-0.3, -0.25) is 0 Å². The van der Waals surface area contributed by atoms with Gasteiger partial charge in [-0.05, 0) is 49.1 Å². The average Bonchev–Trinajstić information content (AvgIpc) is 3.49. The fourth-order valence-corrected chi connectivity index (χ4v) is 3.26. The molecule has 172 valence electrons. The maximum Gasteiger partial charge on any atom is 0.216 e. The third kappa shape index (κ3) is 4.97. The van der Waals surface area contributed by atoms with E-state index in [0.717, 1.165) is 5.76 Å². The predicted octanol–water partition coefficient (Wildman–Crippen LogP) is 1.75. The Morgan fingerprint density at radius 1 is 1.30 bits per heavy atom. The van der Waals surface area contributed by atoms with Crippen molar-refractivity contribution in [1.82, 2.24) is 24.8 Å². The van der Waals surface area contributed by atoms with E-state index >= 15 is 0 Å². The lowest BCUT2D eigenvalue weighted by Gasteiger charge is -2.12. The van der Waals surface area contributed by atoms with Crippen molar-refractivity contribution in [2.24, 2.45) is 5.73 Å². The molecule has 4 rings (SSSR count). The molecule has 0 aromatic carbocycles. The smallest absolute Gasteiger partial charge is 0.216 e. The zero-order chi connectivity index (χ0) is 23.6. The molecule has 11 heteroatoms. The number of aromatic nitrogens is 5. The number of aryl methyl sites for hydroxylation is 1. The molecule has 4 aromatic rings. The van der Waals surface area contributed by atoms with Gasteiger partial charge in [0.05, 0.1) is 11.8 Å². The first-order valence-electron chi connectivity index (χ1n) is 10.4. The van der Waals surface area contributed by atoms with Gasteiger partial charge in [-0.25, -0.2) is 14.6 Å². The average molecular weight is 451 g/mol. The number of hydrogen-bond acceptors (Lipinski definition) is 10. The molecule has 4 heterocycles. The number of imidazole rings is 1. The van der Waals surface area contributed by atoms with Gasteiger partial charge < -0.3 is 30.3 Å². The summed E-state index contributed by atoms with van der Waals surface area (Å²) in [7, 11) is 0. The molecule has 0 spiro atoms. The summed E-state index contributed by atoms with van der Waals surface area (Å²) in [5.41, 5.74) is 12.7. The molecule has 0 aliphatic rings. The fourth-order valence-electron chi connectivity index (χ4n) is 3.26. The molecule has 0 aliphatic heterocycles. The molecular weight excluding hydrogens is 426 g/mol. The molecule has 1 atom stereocenters. The summed E-state index contributed by atoms with van der Waals surface area (Å²) in [6.07, 6.45) is 2.13. The molecule has 11 nitrogen and oxygen atoms in total. The van der Waals surface area contributed by atoms with E-state index in [4.69, 9.17) is 25.3 Å². The Morgan fingerprint density at radius 3 is 2.76 bits per heavy atom. The zero-order valence-corrected chi connectivity index (χ0v) is 18.6. The number of anilines is 1. The number of rotatable bonds is 7. The van der Waals surface area contributed by atoms with Crippen molar-refractivity contribution >= 4 is 16.9 Å². The Labute approximate surface area is 189 Å². The first-order chi connectivity index (χ1) is 15.7. The normalized spacial score (nSPS) is 12.5. The zero-order valence-electron chi connectivity index (χ0n) is 18.6. The molecule has 4 aromatic heterocycles.